The third-order valence-electron chi connectivity index (χ3n) is 3.58. The van der Waals surface area contributed by atoms with Crippen LogP contribution >= 0.6 is 0 Å². The van der Waals surface area contributed by atoms with Gasteiger partial charge in [-0.3, -0.25) is 5.10 Å². The van der Waals surface area contributed by atoms with Gasteiger partial charge in [0.1, 0.15) is 5.82 Å². The van der Waals surface area contributed by atoms with E-state index in [1.54, 1.807) is 0 Å². The summed E-state index contributed by atoms with van der Waals surface area (Å²) in [6, 6.07) is 0. The lowest BCUT2D eigenvalue weighted by Gasteiger charge is -2.10. The number of nitrogens with zero attached hydrogens (tertiary/aromatic N) is 3. The summed E-state index contributed by atoms with van der Waals surface area (Å²) in [5, 5.41) is 10.6. The molecule has 0 aliphatic carbocycles. The number of aromatic amines is 1. The fourth-order valence-corrected chi connectivity index (χ4v) is 2.24. The summed E-state index contributed by atoms with van der Waals surface area (Å²) in [6.07, 6.45) is 2.02. The molecule has 6 nitrogen and oxygen atoms in total. The molecule has 0 amide bonds. The molecule has 2 aromatic heterocycles. The molecule has 4 N–H and O–H groups in total. The standard InChI is InChI=1S/C14H22N6/c1-8-9(2)17-14(15)18-13(8)16-7-5-6-12-10(3)19-20-11(12)4/h5-7H2,1-4H3,(H,19,20)(H3,15,16,17,18). The van der Waals surface area contributed by atoms with Crippen molar-refractivity contribution in [2.45, 2.75) is 40.5 Å². The smallest absolute Gasteiger partial charge is 0.222 e. The molecule has 0 bridgehead atoms. The van der Waals surface area contributed by atoms with Gasteiger partial charge in [-0.1, -0.05) is 0 Å². The van der Waals surface area contributed by atoms with Crippen LogP contribution in [0.4, 0.5) is 11.8 Å². The summed E-state index contributed by atoms with van der Waals surface area (Å²) < 4.78 is 0. The Bertz CT molecular complexity index is 582. The Morgan fingerprint density at radius 1 is 1.10 bits per heavy atom. The van der Waals surface area contributed by atoms with Crippen molar-refractivity contribution in [2.24, 2.45) is 0 Å². The minimum atomic E-state index is 0.317. The first-order valence-corrected chi connectivity index (χ1v) is 6.84. The van der Waals surface area contributed by atoms with Crippen LogP contribution in [0.15, 0.2) is 0 Å². The van der Waals surface area contributed by atoms with E-state index >= 15 is 0 Å². The molecule has 0 aliphatic rings. The first kappa shape index (κ1) is 14.3. The number of nitrogens with one attached hydrogen (secondary N) is 2. The van der Waals surface area contributed by atoms with Crippen LogP contribution in [0.3, 0.4) is 0 Å². The van der Waals surface area contributed by atoms with Crippen LogP contribution < -0.4 is 11.1 Å². The number of hydrogen-bond donors (Lipinski definition) is 3. The lowest BCUT2D eigenvalue weighted by Crippen LogP contribution is -2.10. The molecule has 0 fully saturated rings. The maximum atomic E-state index is 5.67. The van der Waals surface area contributed by atoms with Crippen LogP contribution in [0.2, 0.25) is 0 Å². The second-order valence-corrected chi connectivity index (χ2v) is 5.08. The Kier molecular flexibility index (Phi) is 4.22. The molecule has 6 heteroatoms. The topological polar surface area (TPSA) is 92.5 Å². The Hall–Kier alpha value is -2.11. The molecule has 0 saturated heterocycles. The summed E-state index contributed by atoms with van der Waals surface area (Å²) >= 11 is 0. The highest BCUT2D eigenvalue weighted by atomic mass is 15.1. The molecule has 20 heavy (non-hydrogen) atoms. The predicted molar refractivity (Wildman–Crippen MR) is 80.8 cm³/mol. The zero-order chi connectivity index (χ0) is 14.7. The van der Waals surface area contributed by atoms with Gasteiger partial charge in [0.15, 0.2) is 0 Å². The van der Waals surface area contributed by atoms with Crippen LogP contribution in [0, 0.1) is 27.7 Å². The zero-order valence-electron chi connectivity index (χ0n) is 12.5. The number of hydrogen-bond acceptors (Lipinski definition) is 5. The van der Waals surface area contributed by atoms with Gasteiger partial charge in [0.05, 0.1) is 5.69 Å². The van der Waals surface area contributed by atoms with E-state index in [1.165, 1.54) is 5.56 Å². The highest BCUT2D eigenvalue weighted by Crippen LogP contribution is 2.16. The van der Waals surface area contributed by atoms with Crippen molar-refractivity contribution < 1.29 is 0 Å². The molecular weight excluding hydrogens is 252 g/mol. The quantitative estimate of drug-likeness (QED) is 0.726. The maximum absolute atomic E-state index is 5.67. The van der Waals surface area contributed by atoms with Gasteiger partial charge in [-0.15, -0.1) is 0 Å². The minimum absolute atomic E-state index is 0.317. The number of anilines is 2. The van der Waals surface area contributed by atoms with E-state index in [2.05, 4.69) is 32.4 Å². The van der Waals surface area contributed by atoms with Crippen LogP contribution in [-0.4, -0.2) is 26.7 Å². The summed E-state index contributed by atoms with van der Waals surface area (Å²) in [6.45, 7) is 8.88. The highest BCUT2D eigenvalue weighted by molar-refractivity contribution is 5.48. The fraction of sp³-hybridized carbons (Fsp3) is 0.500. The Morgan fingerprint density at radius 2 is 1.85 bits per heavy atom. The van der Waals surface area contributed by atoms with Gasteiger partial charge in [0.25, 0.3) is 0 Å². The van der Waals surface area contributed by atoms with E-state index in [-0.39, 0.29) is 0 Å². The van der Waals surface area contributed by atoms with Crippen molar-refractivity contribution >= 4 is 11.8 Å². The highest BCUT2D eigenvalue weighted by Gasteiger charge is 2.07. The minimum Gasteiger partial charge on any atom is -0.370 e. The van der Waals surface area contributed by atoms with E-state index in [1.807, 2.05) is 20.8 Å². The van der Waals surface area contributed by atoms with E-state index in [9.17, 15) is 0 Å². The molecule has 0 aromatic carbocycles. The van der Waals surface area contributed by atoms with Crippen LogP contribution in [-0.2, 0) is 6.42 Å². The Balaban J connectivity index is 1.91. The zero-order valence-corrected chi connectivity index (χ0v) is 12.5. The van der Waals surface area contributed by atoms with Crippen molar-refractivity contribution in [3.8, 4) is 0 Å². The van der Waals surface area contributed by atoms with Gasteiger partial charge in [-0.2, -0.15) is 10.1 Å². The lowest BCUT2D eigenvalue weighted by atomic mass is 10.1. The van der Waals surface area contributed by atoms with Crippen molar-refractivity contribution in [1.29, 1.82) is 0 Å². The third-order valence-corrected chi connectivity index (χ3v) is 3.58. The van der Waals surface area contributed by atoms with E-state index in [0.29, 0.717) is 5.95 Å². The summed E-state index contributed by atoms with van der Waals surface area (Å²) in [5.74, 6) is 1.15. The number of aromatic nitrogens is 4. The molecular formula is C14H22N6. The second-order valence-electron chi connectivity index (χ2n) is 5.08. The SMILES string of the molecule is Cc1nc(N)nc(NCCCc2c(C)n[nH]c2C)c1C. The second kappa shape index (κ2) is 5.90. The van der Waals surface area contributed by atoms with Gasteiger partial charge >= 0.3 is 0 Å². The van der Waals surface area contributed by atoms with Crippen molar-refractivity contribution in [3.63, 3.8) is 0 Å². The number of rotatable bonds is 5. The summed E-state index contributed by atoms with van der Waals surface area (Å²) in [5.41, 5.74) is 11.2. The average Bonchev–Trinajstić information content (AvgIpc) is 2.71. The summed E-state index contributed by atoms with van der Waals surface area (Å²) in [7, 11) is 0. The number of nitrogens with two attached hydrogens (primary N) is 1. The predicted octanol–water partition coefficient (Wildman–Crippen LogP) is 2.06. The van der Waals surface area contributed by atoms with Crippen LogP contribution in [0.5, 0.6) is 0 Å². The van der Waals surface area contributed by atoms with Crippen LogP contribution in [0.1, 0.15) is 34.6 Å². The number of nitrogen functional groups attached to an aromatic ring is 1. The normalized spacial score (nSPS) is 10.8. The van der Waals surface area contributed by atoms with E-state index in [4.69, 9.17) is 5.73 Å². The van der Waals surface area contributed by atoms with Gasteiger partial charge in [-0.05, 0) is 46.1 Å². The number of H-pyrrole nitrogens is 1. The fourth-order valence-electron chi connectivity index (χ4n) is 2.24. The van der Waals surface area contributed by atoms with Gasteiger partial charge < -0.3 is 11.1 Å². The molecule has 0 saturated carbocycles. The first-order valence-electron chi connectivity index (χ1n) is 6.84. The molecule has 108 valence electrons. The Morgan fingerprint density at radius 3 is 2.50 bits per heavy atom. The summed E-state index contributed by atoms with van der Waals surface area (Å²) in [4.78, 5) is 8.38. The molecule has 0 aliphatic heterocycles. The van der Waals surface area contributed by atoms with Crippen LogP contribution in [0.25, 0.3) is 0 Å². The van der Waals surface area contributed by atoms with E-state index < -0.39 is 0 Å². The van der Waals surface area contributed by atoms with Gasteiger partial charge in [-0.25, -0.2) is 4.98 Å². The van der Waals surface area contributed by atoms with Gasteiger partial charge in [0, 0.05) is 23.5 Å². The van der Waals surface area contributed by atoms with E-state index in [0.717, 1.165) is 47.8 Å². The lowest BCUT2D eigenvalue weighted by molar-refractivity contribution is 0.845. The van der Waals surface area contributed by atoms with Crippen molar-refractivity contribution in [1.82, 2.24) is 20.2 Å². The first-order chi connectivity index (χ1) is 9.49. The van der Waals surface area contributed by atoms with Crippen molar-refractivity contribution in [3.05, 3.63) is 28.2 Å². The third kappa shape index (κ3) is 3.07. The average molecular weight is 274 g/mol. The molecule has 0 spiro atoms. The largest absolute Gasteiger partial charge is 0.370 e. The molecule has 0 atom stereocenters. The maximum Gasteiger partial charge on any atom is 0.222 e. The monoisotopic (exact) mass is 274 g/mol. The number of aryl methyl sites for hydroxylation is 3. The molecule has 2 aromatic rings. The van der Waals surface area contributed by atoms with Gasteiger partial charge in [0.2, 0.25) is 5.95 Å². The molecule has 2 rings (SSSR count). The molecule has 2 heterocycles. The Labute approximate surface area is 119 Å². The van der Waals surface area contributed by atoms with Crippen molar-refractivity contribution in [2.75, 3.05) is 17.6 Å². The molecule has 0 unspecified atom stereocenters. The molecule has 0 radical (unpaired) electrons.